The summed E-state index contributed by atoms with van der Waals surface area (Å²) in [4.78, 5) is 11.9. The second-order valence-electron chi connectivity index (χ2n) is 8.08. The van der Waals surface area contributed by atoms with E-state index in [1.807, 2.05) is 28.8 Å². The zero-order chi connectivity index (χ0) is 19.2. The molecule has 1 N–H and O–H groups in total. The monoisotopic (exact) mass is 357 g/mol. The fourth-order valence-corrected chi connectivity index (χ4v) is 3.69. The second-order valence-corrected chi connectivity index (χ2v) is 8.08. The first-order valence-corrected chi connectivity index (χ1v) is 9.18. The average molecular weight is 357 g/mol. The van der Waals surface area contributed by atoms with E-state index in [2.05, 4.69) is 57.2 Å². The number of hydrogen-bond acceptors (Lipinski definition) is 1. The van der Waals surface area contributed by atoms with Crippen molar-refractivity contribution in [3.8, 4) is 0 Å². The third-order valence-corrected chi connectivity index (χ3v) is 5.19. The van der Waals surface area contributed by atoms with Crippen LogP contribution in [0.25, 0.3) is 21.7 Å². The van der Waals surface area contributed by atoms with E-state index in [0.29, 0.717) is 12.2 Å². The van der Waals surface area contributed by atoms with Gasteiger partial charge in [-0.1, -0.05) is 69.3 Å². The molecule has 3 heteroatoms. The number of aromatic nitrogens is 1. The summed E-state index contributed by atoms with van der Waals surface area (Å²) in [6, 6.07) is 22.5. The third kappa shape index (κ3) is 3.10. The molecule has 1 aromatic heterocycles. The topological polar surface area (TPSA) is 42.2 Å². The zero-order valence-corrected chi connectivity index (χ0v) is 15.9. The molecule has 0 unspecified atom stereocenters. The van der Waals surface area contributed by atoms with Crippen LogP contribution in [0.15, 0.2) is 66.7 Å². The van der Waals surface area contributed by atoms with E-state index in [1.54, 1.807) is 6.07 Å². The van der Waals surface area contributed by atoms with Gasteiger partial charge < -0.3 is 9.67 Å². The summed E-state index contributed by atoms with van der Waals surface area (Å²) in [5.74, 6) is -0.899. The van der Waals surface area contributed by atoms with Gasteiger partial charge in [-0.15, -0.1) is 0 Å². The van der Waals surface area contributed by atoms with Gasteiger partial charge in [-0.2, -0.15) is 0 Å². The molecule has 0 amide bonds. The molecule has 4 rings (SSSR count). The number of nitrogens with zero attached hydrogens (tertiary/aromatic N) is 1. The minimum Gasteiger partial charge on any atom is -0.477 e. The van der Waals surface area contributed by atoms with Gasteiger partial charge in [0.15, 0.2) is 0 Å². The number of carbonyl (C=O) groups is 1. The molecular formula is C24H23NO2. The minimum absolute atomic E-state index is 0.0231. The predicted molar refractivity (Wildman–Crippen MR) is 111 cm³/mol. The number of benzene rings is 3. The SMILES string of the molecule is CC(C)(C)c1ccc2c(c1)cc(C(=O)O)n2Cc1cccc2ccccc12. The maximum atomic E-state index is 11.9. The smallest absolute Gasteiger partial charge is 0.352 e. The highest BCUT2D eigenvalue weighted by atomic mass is 16.4. The number of hydrogen-bond donors (Lipinski definition) is 1. The van der Waals surface area contributed by atoms with Crippen molar-refractivity contribution in [1.82, 2.24) is 4.57 Å². The Morgan fingerprint density at radius 1 is 0.926 bits per heavy atom. The molecular weight excluding hydrogens is 334 g/mol. The van der Waals surface area contributed by atoms with Crippen LogP contribution in [0.4, 0.5) is 0 Å². The highest BCUT2D eigenvalue weighted by molar-refractivity contribution is 5.95. The average Bonchev–Trinajstić information content (AvgIpc) is 2.99. The third-order valence-electron chi connectivity index (χ3n) is 5.19. The zero-order valence-electron chi connectivity index (χ0n) is 15.9. The van der Waals surface area contributed by atoms with Crippen molar-refractivity contribution in [2.45, 2.75) is 32.7 Å². The van der Waals surface area contributed by atoms with E-state index < -0.39 is 5.97 Å². The van der Waals surface area contributed by atoms with Gasteiger partial charge in [0.05, 0.1) is 0 Å². The number of carboxylic acid groups (broad SMARTS) is 1. The molecule has 3 aromatic carbocycles. The summed E-state index contributed by atoms with van der Waals surface area (Å²) >= 11 is 0. The van der Waals surface area contributed by atoms with E-state index in [1.165, 1.54) is 10.9 Å². The lowest BCUT2D eigenvalue weighted by molar-refractivity contribution is 0.0686. The highest BCUT2D eigenvalue weighted by Gasteiger charge is 2.19. The Kier molecular flexibility index (Phi) is 4.03. The minimum atomic E-state index is -0.899. The van der Waals surface area contributed by atoms with Crippen LogP contribution in [0.1, 0.15) is 42.4 Å². The van der Waals surface area contributed by atoms with E-state index >= 15 is 0 Å². The molecule has 0 aliphatic heterocycles. The lowest BCUT2D eigenvalue weighted by atomic mass is 9.86. The molecule has 1 heterocycles. The molecule has 0 saturated carbocycles. The van der Waals surface area contributed by atoms with Crippen molar-refractivity contribution in [3.63, 3.8) is 0 Å². The highest BCUT2D eigenvalue weighted by Crippen LogP contribution is 2.29. The largest absolute Gasteiger partial charge is 0.477 e. The van der Waals surface area contributed by atoms with Gasteiger partial charge >= 0.3 is 5.97 Å². The molecule has 0 fully saturated rings. The van der Waals surface area contributed by atoms with Crippen LogP contribution >= 0.6 is 0 Å². The van der Waals surface area contributed by atoms with E-state index in [9.17, 15) is 9.90 Å². The van der Waals surface area contributed by atoms with Crippen LogP contribution in [0.2, 0.25) is 0 Å². The quantitative estimate of drug-likeness (QED) is 0.500. The Hall–Kier alpha value is -3.07. The van der Waals surface area contributed by atoms with E-state index in [0.717, 1.165) is 21.9 Å². The molecule has 4 aromatic rings. The molecule has 0 saturated heterocycles. The van der Waals surface area contributed by atoms with Crippen molar-refractivity contribution < 1.29 is 9.90 Å². The van der Waals surface area contributed by atoms with Crippen LogP contribution in [0, 0.1) is 0 Å². The summed E-state index contributed by atoms with van der Waals surface area (Å²) in [7, 11) is 0. The Bertz CT molecular complexity index is 1160. The first-order valence-electron chi connectivity index (χ1n) is 9.18. The predicted octanol–water partition coefficient (Wildman–Crippen LogP) is 5.84. The fourth-order valence-electron chi connectivity index (χ4n) is 3.69. The standard InChI is InChI=1S/C24H23NO2/c1-24(2,3)19-11-12-21-18(13-19)14-22(23(26)27)25(21)15-17-9-6-8-16-7-4-5-10-20(16)17/h4-14H,15H2,1-3H3,(H,26,27). The maximum absolute atomic E-state index is 11.9. The van der Waals surface area contributed by atoms with Crippen molar-refractivity contribution >= 4 is 27.6 Å². The second kappa shape index (κ2) is 6.27. The van der Waals surface area contributed by atoms with Gasteiger partial charge in [0.1, 0.15) is 5.69 Å². The van der Waals surface area contributed by atoms with Crippen LogP contribution in [0.3, 0.4) is 0 Å². The van der Waals surface area contributed by atoms with Crippen LogP contribution < -0.4 is 0 Å². The lowest BCUT2D eigenvalue weighted by Crippen LogP contribution is -2.11. The van der Waals surface area contributed by atoms with Crippen LogP contribution in [-0.4, -0.2) is 15.6 Å². The molecule has 0 bridgehead atoms. The molecule has 136 valence electrons. The van der Waals surface area contributed by atoms with E-state index in [4.69, 9.17) is 0 Å². The van der Waals surface area contributed by atoms with Gasteiger partial charge in [0.2, 0.25) is 0 Å². The summed E-state index contributed by atoms with van der Waals surface area (Å²) in [5.41, 5.74) is 3.62. The van der Waals surface area contributed by atoms with Crippen molar-refractivity contribution in [2.24, 2.45) is 0 Å². The van der Waals surface area contributed by atoms with Crippen LogP contribution in [0.5, 0.6) is 0 Å². The molecule has 27 heavy (non-hydrogen) atoms. The van der Waals surface area contributed by atoms with Crippen molar-refractivity contribution in [1.29, 1.82) is 0 Å². The lowest BCUT2D eigenvalue weighted by Gasteiger charge is -2.19. The first kappa shape index (κ1) is 17.3. The van der Waals surface area contributed by atoms with Gasteiger partial charge in [0.25, 0.3) is 0 Å². The number of fused-ring (bicyclic) bond motifs is 2. The van der Waals surface area contributed by atoms with Crippen molar-refractivity contribution in [3.05, 3.63) is 83.6 Å². The fraction of sp³-hybridized carbons (Fsp3) is 0.208. The van der Waals surface area contributed by atoms with Gasteiger partial charge in [-0.05, 0) is 45.5 Å². The summed E-state index contributed by atoms with van der Waals surface area (Å²) in [6.07, 6.45) is 0. The van der Waals surface area contributed by atoms with Crippen LogP contribution in [-0.2, 0) is 12.0 Å². The summed E-state index contributed by atoms with van der Waals surface area (Å²) in [5, 5.41) is 13.1. The maximum Gasteiger partial charge on any atom is 0.352 e. The molecule has 0 spiro atoms. The Labute approximate surface area is 158 Å². The first-order chi connectivity index (χ1) is 12.8. The number of carboxylic acids is 1. The van der Waals surface area contributed by atoms with Gasteiger partial charge in [-0.3, -0.25) is 0 Å². The van der Waals surface area contributed by atoms with E-state index in [-0.39, 0.29) is 5.41 Å². The Morgan fingerprint density at radius 3 is 2.41 bits per heavy atom. The molecule has 3 nitrogen and oxygen atoms in total. The molecule has 0 aliphatic rings. The Balaban J connectivity index is 1.89. The number of aromatic carboxylic acids is 1. The van der Waals surface area contributed by atoms with Gasteiger partial charge in [-0.25, -0.2) is 4.79 Å². The summed E-state index contributed by atoms with van der Waals surface area (Å²) < 4.78 is 1.91. The number of rotatable bonds is 3. The molecule has 0 radical (unpaired) electrons. The Morgan fingerprint density at radius 2 is 1.67 bits per heavy atom. The molecule has 0 atom stereocenters. The molecule has 0 aliphatic carbocycles. The summed E-state index contributed by atoms with van der Waals surface area (Å²) in [6.45, 7) is 7.03. The van der Waals surface area contributed by atoms with Crippen molar-refractivity contribution in [2.75, 3.05) is 0 Å². The normalized spacial score (nSPS) is 12.0. The van der Waals surface area contributed by atoms with Gasteiger partial charge in [0, 0.05) is 17.4 Å².